The summed E-state index contributed by atoms with van der Waals surface area (Å²) in [7, 11) is 2.17. The minimum Gasteiger partial charge on any atom is -0.343 e. The molecule has 4 rings (SSSR count). The van der Waals surface area contributed by atoms with Crippen LogP contribution in [-0.2, 0) is 7.05 Å². The maximum absolute atomic E-state index is 2.33. The van der Waals surface area contributed by atoms with Crippen LogP contribution in [0.5, 0.6) is 0 Å². The van der Waals surface area contributed by atoms with Crippen LogP contribution in [0.15, 0.2) is 60.7 Å². The molecular formula is C25H31N. The molecule has 0 unspecified atom stereocenters. The number of fused-ring (bicyclic) bond motifs is 3. The number of hydrogen-bond acceptors (Lipinski definition) is 0. The summed E-state index contributed by atoms with van der Waals surface area (Å²) in [6.45, 7) is 12.4. The van der Waals surface area contributed by atoms with Gasteiger partial charge in [-0.1, -0.05) is 82.3 Å². The molecule has 1 nitrogen and oxygen atoms in total. The summed E-state index contributed by atoms with van der Waals surface area (Å²) in [4.78, 5) is 0. The third kappa shape index (κ3) is 3.26. The number of aryl methyl sites for hydroxylation is 3. The number of nitrogens with zero attached hydrogens (tertiary/aromatic N) is 1. The van der Waals surface area contributed by atoms with Gasteiger partial charge in [0.2, 0.25) is 0 Å². The van der Waals surface area contributed by atoms with Gasteiger partial charge in [0.05, 0.1) is 5.69 Å². The Kier molecular flexibility index (Phi) is 6.63. The molecule has 4 aromatic rings. The van der Waals surface area contributed by atoms with E-state index in [1.54, 1.807) is 0 Å². The molecule has 0 aliphatic heterocycles. The molecule has 0 aliphatic rings. The molecule has 0 spiro atoms. The van der Waals surface area contributed by atoms with Crippen LogP contribution in [-0.4, -0.2) is 4.57 Å². The van der Waals surface area contributed by atoms with E-state index in [1.807, 2.05) is 27.7 Å². The van der Waals surface area contributed by atoms with E-state index in [1.165, 1.54) is 44.1 Å². The van der Waals surface area contributed by atoms with Crippen molar-refractivity contribution in [3.05, 3.63) is 71.8 Å². The number of hydrogen-bond donors (Lipinski definition) is 0. The summed E-state index contributed by atoms with van der Waals surface area (Å²) >= 11 is 0. The van der Waals surface area contributed by atoms with Gasteiger partial charge in [-0.2, -0.15) is 0 Å². The largest absolute Gasteiger partial charge is 0.343 e. The molecule has 0 N–H and O–H groups in total. The van der Waals surface area contributed by atoms with Crippen LogP contribution in [0.4, 0.5) is 0 Å². The fourth-order valence-electron chi connectivity index (χ4n) is 3.65. The van der Waals surface area contributed by atoms with Gasteiger partial charge in [0.1, 0.15) is 0 Å². The first-order chi connectivity index (χ1) is 12.7. The Hall–Kier alpha value is -2.54. The predicted octanol–water partition coefficient (Wildman–Crippen LogP) is 7.67. The molecule has 1 heteroatoms. The molecule has 0 saturated carbocycles. The maximum atomic E-state index is 2.33. The normalized spacial score (nSPS) is 10.1. The Balaban J connectivity index is 0.000000570. The highest BCUT2D eigenvalue weighted by atomic mass is 14.9. The lowest BCUT2D eigenvalue weighted by atomic mass is 9.99. The van der Waals surface area contributed by atoms with Crippen molar-refractivity contribution >= 4 is 21.7 Å². The highest BCUT2D eigenvalue weighted by molar-refractivity contribution is 6.10. The molecule has 0 saturated heterocycles. The minimum absolute atomic E-state index is 1.30. The third-order valence-electron chi connectivity index (χ3n) is 4.73. The van der Waals surface area contributed by atoms with Crippen molar-refractivity contribution in [2.75, 3.05) is 0 Å². The molecule has 0 amide bonds. The van der Waals surface area contributed by atoms with E-state index >= 15 is 0 Å². The summed E-state index contributed by atoms with van der Waals surface area (Å²) in [5.74, 6) is 0. The van der Waals surface area contributed by atoms with E-state index < -0.39 is 0 Å². The molecule has 1 aromatic heterocycles. The van der Waals surface area contributed by atoms with Crippen molar-refractivity contribution in [1.29, 1.82) is 0 Å². The molecular weight excluding hydrogens is 314 g/mol. The maximum Gasteiger partial charge on any atom is 0.0521 e. The fourth-order valence-corrected chi connectivity index (χ4v) is 3.65. The van der Waals surface area contributed by atoms with Gasteiger partial charge in [0.15, 0.2) is 0 Å². The van der Waals surface area contributed by atoms with Gasteiger partial charge < -0.3 is 4.57 Å². The van der Waals surface area contributed by atoms with Gasteiger partial charge in [-0.3, -0.25) is 0 Å². The summed E-state index contributed by atoms with van der Waals surface area (Å²) in [6.07, 6.45) is 0. The number of benzene rings is 3. The molecule has 0 aliphatic carbocycles. The second-order valence-electron chi connectivity index (χ2n) is 6.03. The molecule has 0 bridgehead atoms. The SMILES string of the molecule is CC.CC.Cc1ccccc1-c1c(C)c2c3ccccc3ccc2n1C. The molecule has 1 heterocycles. The van der Waals surface area contributed by atoms with Crippen LogP contribution in [0, 0.1) is 13.8 Å². The molecule has 26 heavy (non-hydrogen) atoms. The van der Waals surface area contributed by atoms with Crippen LogP contribution >= 0.6 is 0 Å². The number of aromatic nitrogens is 1. The average Bonchev–Trinajstić information content (AvgIpc) is 2.96. The first-order valence-electron chi connectivity index (χ1n) is 9.71. The van der Waals surface area contributed by atoms with Crippen LogP contribution < -0.4 is 0 Å². The van der Waals surface area contributed by atoms with Crippen molar-refractivity contribution < 1.29 is 0 Å². The number of rotatable bonds is 1. The lowest BCUT2D eigenvalue weighted by molar-refractivity contribution is 0.972. The zero-order valence-corrected chi connectivity index (χ0v) is 17.2. The standard InChI is InChI=1S/C21H19N.2C2H6/c1-14-8-4-6-10-17(14)21-15(2)20-18-11-7-5-9-16(18)12-13-19(20)22(21)3;2*1-2/h4-13H,1-3H3;2*1-2H3. The van der Waals surface area contributed by atoms with Crippen molar-refractivity contribution in [2.24, 2.45) is 7.05 Å². The topological polar surface area (TPSA) is 4.93 Å². The van der Waals surface area contributed by atoms with Crippen LogP contribution in [0.1, 0.15) is 38.8 Å². The zero-order chi connectivity index (χ0) is 19.3. The van der Waals surface area contributed by atoms with Crippen molar-refractivity contribution in [3.8, 4) is 11.3 Å². The van der Waals surface area contributed by atoms with Gasteiger partial charge in [0.25, 0.3) is 0 Å². The van der Waals surface area contributed by atoms with E-state index in [9.17, 15) is 0 Å². The van der Waals surface area contributed by atoms with E-state index in [0.29, 0.717) is 0 Å². The van der Waals surface area contributed by atoms with Crippen molar-refractivity contribution in [1.82, 2.24) is 4.57 Å². The lowest BCUT2D eigenvalue weighted by Gasteiger charge is -2.09. The highest BCUT2D eigenvalue weighted by Crippen LogP contribution is 2.37. The zero-order valence-electron chi connectivity index (χ0n) is 17.2. The molecule has 0 atom stereocenters. The quantitative estimate of drug-likeness (QED) is 0.333. The van der Waals surface area contributed by atoms with E-state index in [2.05, 4.69) is 86.1 Å². The second-order valence-corrected chi connectivity index (χ2v) is 6.03. The molecule has 3 aromatic carbocycles. The van der Waals surface area contributed by atoms with Crippen LogP contribution in [0.25, 0.3) is 32.9 Å². The van der Waals surface area contributed by atoms with E-state index in [4.69, 9.17) is 0 Å². The van der Waals surface area contributed by atoms with Gasteiger partial charge in [0, 0.05) is 23.5 Å². The molecule has 0 radical (unpaired) electrons. The predicted molar refractivity (Wildman–Crippen MR) is 118 cm³/mol. The van der Waals surface area contributed by atoms with Gasteiger partial charge in [-0.15, -0.1) is 0 Å². The van der Waals surface area contributed by atoms with E-state index in [-0.39, 0.29) is 0 Å². The Labute approximate surface area is 158 Å². The second kappa shape index (κ2) is 8.71. The van der Waals surface area contributed by atoms with Crippen molar-refractivity contribution in [3.63, 3.8) is 0 Å². The summed E-state index contributed by atoms with van der Waals surface area (Å²) in [5.41, 5.74) is 6.63. The van der Waals surface area contributed by atoms with Crippen LogP contribution in [0.3, 0.4) is 0 Å². The Morgan fingerprint density at radius 1 is 0.692 bits per heavy atom. The summed E-state index contributed by atoms with van der Waals surface area (Å²) < 4.78 is 2.33. The first-order valence-corrected chi connectivity index (χ1v) is 9.71. The average molecular weight is 346 g/mol. The molecule has 136 valence electrons. The Morgan fingerprint density at radius 2 is 1.31 bits per heavy atom. The molecule has 0 fully saturated rings. The van der Waals surface area contributed by atoms with Crippen LogP contribution in [0.2, 0.25) is 0 Å². The van der Waals surface area contributed by atoms with Gasteiger partial charge in [-0.05, 0) is 41.8 Å². The lowest BCUT2D eigenvalue weighted by Crippen LogP contribution is -1.94. The first kappa shape index (κ1) is 19.8. The minimum atomic E-state index is 1.30. The third-order valence-corrected chi connectivity index (χ3v) is 4.73. The Bertz CT molecular complexity index is 1010. The summed E-state index contributed by atoms with van der Waals surface area (Å²) in [6, 6.07) is 21.7. The monoisotopic (exact) mass is 345 g/mol. The smallest absolute Gasteiger partial charge is 0.0521 e. The van der Waals surface area contributed by atoms with E-state index in [0.717, 1.165) is 0 Å². The highest BCUT2D eigenvalue weighted by Gasteiger charge is 2.16. The van der Waals surface area contributed by atoms with Crippen molar-refractivity contribution in [2.45, 2.75) is 41.5 Å². The Morgan fingerprint density at radius 3 is 2.00 bits per heavy atom. The van der Waals surface area contributed by atoms with Gasteiger partial charge >= 0.3 is 0 Å². The van der Waals surface area contributed by atoms with Gasteiger partial charge in [-0.25, -0.2) is 0 Å². The summed E-state index contributed by atoms with van der Waals surface area (Å²) in [5, 5.41) is 4.02. The fraction of sp³-hybridized carbons (Fsp3) is 0.280.